The van der Waals surface area contributed by atoms with Crippen LogP contribution in [0.5, 0.6) is 0 Å². The van der Waals surface area contributed by atoms with E-state index in [-0.39, 0.29) is 0 Å². The number of aliphatic carboxylic acids is 1. The molecule has 0 saturated carbocycles. The summed E-state index contributed by atoms with van der Waals surface area (Å²) < 4.78 is 0. The van der Waals surface area contributed by atoms with Crippen molar-refractivity contribution in [2.75, 3.05) is 0 Å². The van der Waals surface area contributed by atoms with E-state index in [2.05, 4.69) is 0 Å². The van der Waals surface area contributed by atoms with Crippen LogP contribution in [-0.2, 0) is 4.79 Å². The molecule has 0 aromatic heterocycles. The summed E-state index contributed by atoms with van der Waals surface area (Å²) >= 11 is 0. The van der Waals surface area contributed by atoms with Crippen LogP contribution in [0.4, 0.5) is 0 Å². The SMILES string of the molecule is CC[C@H](N)[14C](=O)O. The first-order chi connectivity index (χ1) is 3.18. The second-order valence-electron chi connectivity index (χ2n) is 1.35. The number of hydrogen-bond acceptors (Lipinski definition) is 2. The Bertz CT molecular complexity index is 72.1. The van der Waals surface area contributed by atoms with Crippen molar-refractivity contribution in [3.8, 4) is 0 Å². The van der Waals surface area contributed by atoms with Gasteiger partial charge in [0.2, 0.25) is 0 Å². The molecule has 0 saturated heterocycles. The Hall–Kier alpha value is -0.570. The van der Waals surface area contributed by atoms with Crippen LogP contribution in [0.1, 0.15) is 13.3 Å². The number of carboxylic acids is 1. The number of carboxylic acid groups (broad SMARTS) is 1. The molecule has 0 aliphatic carbocycles. The molecule has 0 unspecified atom stereocenters. The first-order valence-corrected chi connectivity index (χ1v) is 2.17. The number of carbonyl (C=O) groups is 1. The fourth-order valence-electron chi connectivity index (χ4n) is 0.175. The Balaban J connectivity index is 3.34. The average molecular weight is 105 g/mol. The average Bonchev–Trinajstić information content (AvgIpc) is 1.65. The molecule has 0 fully saturated rings. The molecule has 0 aromatic rings. The molecular weight excluding hydrogens is 96.0 g/mol. The molecule has 3 heteroatoms. The highest BCUT2D eigenvalue weighted by Crippen LogP contribution is 1.82. The minimum atomic E-state index is -0.928. The molecule has 0 aromatic carbocycles. The summed E-state index contributed by atoms with van der Waals surface area (Å²) in [7, 11) is 0. The van der Waals surface area contributed by atoms with E-state index in [1.165, 1.54) is 0 Å². The van der Waals surface area contributed by atoms with Gasteiger partial charge in [0.25, 0.3) is 0 Å². The van der Waals surface area contributed by atoms with Gasteiger partial charge in [0.15, 0.2) is 0 Å². The first kappa shape index (κ1) is 6.43. The van der Waals surface area contributed by atoms with Crippen LogP contribution >= 0.6 is 0 Å². The molecule has 0 bridgehead atoms. The smallest absolute Gasteiger partial charge is 0.320 e. The molecule has 0 aliphatic rings. The molecule has 0 spiro atoms. The van der Waals surface area contributed by atoms with E-state index in [1.54, 1.807) is 6.92 Å². The lowest BCUT2D eigenvalue weighted by atomic mass is 10.4. The minimum absolute atomic E-state index is 0.495. The summed E-state index contributed by atoms with van der Waals surface area (Å²) in [5.41, 5.74) is 5.02. The van der Waals surface area contributed by atoms with E-state index in [0.29, 0.717) is 6.42 Å². The fourth-order valence-corrected chi connectivity index (χ4v) is 0.175. The molecule has 0 amide bonds. The Labute approximate surface area is 42.1 Å². The van der Waals surface area contributed by atoms with Crippen molar-refractivity contribution in [1.29, 1.82) is 0 Å². The van der Waals surface area contributed by atoms with E-state index in [4.69, 9.17) is 10.8 Å². The number of hydrogen-bond donors (Lipinski definition) is 2. The zero-order chi connectivity index (χ0) is 5.86. The van der Waals surface area contributed by atoms with Crippen molar-refractivity contribution < 1.29 is 9.90 Å². The van der Waals surface area contributed by atoms with E-state index in [1.807, 2.05) is 0 Å². The van der Waals surface area contributed by atoms with Crippen LogP contribution in [0.2, 0.25) is 0 Å². The van der Waals surface area contributed by atoms with Crippen LogP contribution in [0.15, 0.2) is 0 Å². The number of nitrogens with two attached hydrogens (primary N) is 1. The molecular formula is C4H9NO2. The van der Waals surface area contributed by atoms with Crippen LogP contribution in [0.3, 0.4) is 0 Å². The first-order valence-electron chi connectivity index (χ1n) is 2.17. The molecule has 7 heavy (non-hydrogen) atoms. The molecule has 0 radical (unpaired) electrons. The van der Waals surface area contributed by atoms with Crippen molar-refractivity contribution in [2.24, 2.45) is 5.73 Å². The summed E-state index contributed by atoms with van der Waals surface area (Å²) in [5, 5.41) is 8.06. The van der Waals surface area contributed by atoms with Crippen molar-refractivity contribution in [3.63, 3.8) is 0 Å². The zero-order valence-corrected chi connectivity index (χ0v) is 4.22. The third-order valence-electron chi connectivity index (χ3n) is 0.757. The van der Waals surface area contributed by atoms with Gasteiger partial charge in [-0.3, -0.25) is 4.79 Å². The van der Waals surface area contributed by atoms with E-state index in [9.17, 15) is 4.79 Å². The van der Waals surface area contributed by atoms with Crippen molar-refractivity contribution in [1.82, 2.24) is 0 Å². The molecule has 1 atom stereocenters. The van der Waals surface area contributed by atoms with Gasteiger partial charge in [0.05, 0.1) is 0 Å². The zero-order valence-electron chi connectivity index (χ0n) is 4.22. The Kier molecular flexibility index (Phi) is 2.37. The minimum Gasteiger partial charge on any atom is -0.480 e. The van der Waals surface area contributed by atoms with E-state index in [0.717, 1.165) is 0 Å². The third kappa shape index (κ3) is 2.17. The summed E-state index contributed by atoms with van der Waals surface area (Å²) in [4.78, 5) is 9.81. The van der Waals surface area contributed by atoms with Crippen molar-refractivity contribution in [3.05, 3.63) is 0 Å². The second kappa shape index (κ2) is 2.58. The van der Waals surface area contributed by atoms with Crippen LogP contribution in [0, 0.1) is 0 Å². The molecule has 42 valence electrons. The summed E-state index contributed by atoms with van der Waals surface area (Å²) in [6, 6.07) is -0.681. The van der Waals surface area contributed by atoms with Crippen molar-refractivity contribution >= 4 is 5.97 Å². The Morgan fingerprint density at radius 1 is 2.00 bits per heavy atom. The van der Waals surface area contributed by atoms with Gasteiger partial charge in [0.1, 0.15) is 6.04 Å². The number of rotatable bonds is 2. The highest BCUT2D eigenvalue weighted by atomic mass is 16.6. The monoisotopic (exact) mass is 105 g/mol. The Morgan fingerprint density at radius 3 is 2.43 bits per heavy atom. The highest BCUT2D eigenvalue weighted by molar-refractivity contribution is 5.72. The molecule has 0 aliphatic heterocycles. The normalized spacial score (nSPS) is 13.4. The van der Waals surface area contributed by atoms with Crippen LogP contribution in [0.25, 0.3) is 0 Å². The maximum absolute atomic E-state index is 9.81. The lowest BCUT2D eigenvalue weighted by Gasteiger charge is -1.97. The van der Waals surface area contributed by atoms with Gasteiger partial charge in [-0.25, -0.2) is 0 Å². The molecule has 3 nitrogen and oxygen atoms in total. The summed E-state index contributed by atoms with van der Waals surface area (Å²) in [6.45, 7) is 1.73. The third-order valence-corrected chi connectivity index (χ3v) is 0.757. The van der Waals surface area contributed by atoms with Gasteiger partial charge in [-0.15, -0.1) is 0 Å². The van der Waals surface area contributed by atoms with Crippen molar-refractivity contribution in [2.45, 2.75) is 19.4 Å². The topological polar surface area (TPSA) is 63.3 Å². The molecule has 0 rings (SSSR count). The maximum Gasteiger partial charge on any atom is 0.320 e. The molecule has 0 heterocycles. The van der Waals surface area contributed by atoms with E-state index >= 15 is 0 Å². The predicted molar refractivity (Wildman–Crippen MR) is 25.9 cm³/mol. The van der Waals surface area contributed by atoms with E-state index < -0.39 is 12.0 Å². The van der Waals surface area contributed by atoms with Gasteiger partial charge >= 0.3 is 5.97 Å². The second-order valence-corrected chi connectivity index (χ2v) is 1.35. The predicted octanol–water partition coefficient (Wildman–Crippen LogP) is -0.192. The lowest BCUT2D eigenvalue weighted by Crippen LogP contribution is -2.28. The van der Waals surface area contributed by atoms with Gasteiger partial charge < -0.3 is 10.8 Å². The fraction of sp³-hybridized carbons (Fsp3) is 0.750. The largest absolute Gasteiger partial charge is 0.480 e. The van der Waals surface area contributed by atoms with Gasteiger partial charge in [-0.2, -0.15) is 0 Å². The highest BCUT2D eigenvalue weighted by Gasteiger charge is 2.05. The maximum atomic E-state index is 9.81. The van der Waals surface area contributed by atoms with Gasteiger partial charge in [-0.05, 0) is 6.42 Å². The van der Waals surface area contributed by atoms with Crippen LogP contribution in [-0.4, -0.2) is 17.1 Å². The lowest BCUT2D eigenvalue weighted by molar-refractivity contribution is -0.138. The summed E-state index contributed by atoms with van der Waals surface area (Å²) in [5.74, 6) is -0.928. The summed E-state index contributed by atoms with van der Waals surface area (Å²) in [6.07, 6.45) is 0.495. The Morgan fingerprint density at radius 2 is 2.43 bits per heavy atom. The van der Waals surface area contributed by atoms with Gasteiger partial charge in [-0.1, -0.05) is 6.92 Å². The van der Waals surface area contributed by atoms with Gasteiger partial charge in [0, 0.05) is 0 Å². The van der Waals surface area contributed by atoms with Crippen LogP contribution < -0.4 is 5.73 Å². The molecule has 3 N–H and O–H groups in total. The quantitative estimate of drug-likeness (QED) is 0.511. The standard InChI is InChI=1S/C4H9NO2/c1-2-3(5)4(6)7/h3H,2,5H2,1H3,(H,6,7)/t3-/m0/s1/i4+2.